The van der Waals surface area contributed by atoms with E-state index in [0.717, 1.165) is 24.3 Å². The molecule has 724 valence electrons. The first-order valence-corrected chi connectivity index (χ1v) is 39.3. The molecule has 4 aromatic carbocycles. The molecule has 0 radical (unpaired) electrons. The minimum Gasteiger partial charge on any atom is -0.407 e. The first kappa shape index (κ1) is 92.9. The molecule has 8 fully saturated rings. The van der Waals surface area contributed by atoms with Gasteiger partial charge in [-0.05, 0) is 284 Å². The van der Waals surface area contributed by atoms with E-state index < -0.39 is 214 Å². The van der Waals surface area contributed by atoms with E-state index in [0.29, 0.717) is 44.7 Å². The van der Waals surface area contributed by atoms with Crippen molar-refractivity contribution in [3.8, 4) is 226 Å². The summed E-state index contributed by atoms with van der Waals surface area (Å²) in [5.74, 6) is 56.7. The molecule has 0 bridgehead atoms. The lowest BCUT2D eigenvalue weighted by Gasteiger charge is -2.33. The quantitative estimate of drug-likeness (QED) is 0.0569. The average molecular weight is 1870 g/mol. The molecule has 8 saturated heterocycles. The number of carbonyl (C=O) groups excluding carboxylic acids is 16. The van der Waals surface area contributed by atoms with Crippen LogP contribution in [0.3, 0.4) is 0 Å². The van der Waals surface area contributed by atoms with Gasteiger partial charge in [0.25, 0.3) is 0 Å². The number of cyclic esters (lactones) is 16. The molecule has 8 heterocycles. The first-order valence-electron chi connectivity index (χ1n) is 39.3. The molecule has 4 aliphatic carbocycles. The van der Waals surface area contributed by atoms with Crippen molar-refractivity contribution in [3.05, 3.63) is 128 Å². The van der Waals surface area contributed by atoms with Gasteiger partial charge in [-0.15, -0.1) is 26.0 Å². The Balaban J connectivity index is -0.0000000719. The summed E-state index contributed by atoms with van der Waals surface area (Å²) in [6.45, 7) is 0. The van der Waals surface area contributed by atoms with Crippen molar-refractivity contribution in [3.63, 3.8) is 0 Å². The van der Waals surface area contributed by atoms with E-state index in [1.165, 1.54) is 12.1 Å². The lowest BCUT2D eigenvalue weighted by Crippen LogP contribution is -2.31. The van der Waals surface area contributed by atoms with Gasteiger partial charge in [0, 0.05) is 104 Å². The van der Waals surface area contributed by atoms with E-state index in [1.807, 2.05) is 0 Å². The van der Waals surface area contributed by atoms with E-state index in [-0.39, 0.29) is 114 Å². The number of fused-ring (bicyclic) bond motifs is 12. The molecule has 16 rings (SSSR count). The van der Waals surface area contributed by atoms with Crippen molar-refractivity contribution >= 4 is 95.5 Å². The number of rotatable bonds is 6. The number of halogens is 6. The first-order chi connectivity index (χ1) is 64.3. The molecule has 0 spiro atoms. The molecule has 26 nitrogen and oxygen atoms in total. The van der Waals surface area contributed by atoms with Crippen molar-refractivity contribution in [2.24, 2.45) is 47.3 Å². The van der Waals surface area contributed by atoms with Crippen LogP contribution in [-0.4, -0.2) is 102 Å². The SMILES string of the molecule is C#CC#CC#CC#CC#CC#CC#CC#CC#COc1ccc2c(c1)C1C(=O)OC(=O)C1CC2C1CC(=O)OC1=O.C#CC#CC#CC#CC#CC#CC#CC#CC#Cc1ccc2c(c1)C1C(=O)OC(=O)C1CC2C1CC(=O)OC1=O.O=C1CC(C2CC3C(=O)OC(=O)C3c3cc(C(F)(F)F)ccc32)C(=O)O1.O=C1CC(C2CC3C(=O)OC(=O)C3c3cc(OC(F)(F)F)ccc32)C(=O)O1.[HH].[HH].[HH].[HH].[HH].[HH].[HH].[HH].[HH].[HH].[HH].[HH].[HH].[HH].[HH].[HH].[HH].[HH].[HH].[HH].[HH].[HH].[HH].[HH].[HH].[HH].[HH].[HH].[HH].[HH].[HH].[HH].[HH].[HH].[HH].[HH]. The van der Waals surface area contributed by atoms with Gasteiger partial charge in [-0.2, -0.15) is 13.2 Å². The Labute approximate surface area is 808 Å². The van der Waals surface area contributed by atoms with Crippen molar-refractivity contribution in [1.82, 2.24) is 0 Å². The summed E-state index contributed by atoms with van der Waals surface area (Å²) in [6, 6.07) is 16.3. The maximum absolute atomic E-state index is 13.1. The smallest absolute Gasteiger partial charge is 0.407 e. The summed E-state index contributed by atoms with van der Waals surface area (Å²) in [7, 11) is 0. The molecule has 16 atom stereocenters. The van der Waals surface area contributed by atoms with Gasteiger partial charge >= 0.3 is 108 Å². The van der Waals surface area contributed by atoms with Crippen LogP contribution in [0.4, 0.5) is 26.3 Å². The zero-order valence-corrected chi connectivity index (χ0v) is 67.9. The molecule has 12 aliphatic rings. The number of hydrogen-bond donors (Lipinski definition) is 0. The van der Waals surface area contributed by atoms with Gasteiger partial charge in [-0.3, -0.25) is 76.7 Å². The third-order valence-corrected chi connectivity index (χ3v) is 22.3. The molecule has 0 N–H and O–H groups in total. The van der Waals surface area contributed by atoms with Crippen molar-refractivity contribution in [2.45, 2.75) is 111 Å². The zero-order valence-electron chi connectivity index (χ0n) is 67.9. The zero-order chi connectivity index (χ0) is 95.7. The molecule has 4 aromatic rings. The fraction of sp³-hybridized carbons (Fsp3) is 0.255. The predicted octanol–water partition coefficient (Wildman–Crippen LogP) is 15.0. The summed E-state index contributed by atoms with van der Waals surface area (Å²) in [4.78, 5) is 192. The standard InChI is InChI=1S/C34H12O7.C34H12O6.C17H11F3O7.C17H11F3O6.36H2/c1-2-3-4-5-6-7-8-9-10-11-12-13-14-15-16-17-20-39-24-18-19-25-26(28-23-30(35)40-32(28)36)22-29-31(27(25)21-24)34(38)41-33(29)37;1-2-3-4-5-6-7-8-9-10-11-12-13-14-15-16-17-18-24-19-20-25-26(28-23-30(35)39-32(28)36)22-29-31(27(25)21-24)34(38)40-33(29)37;18-17(19,20)27-6-1-2-7-8(10-5-12(21)25-14(10)22)4-11-13(9(7)3-6)16(24)26-15(11)23;18-17(19,20)6-1-2-7-8(10-5-12(21)25-14(10)22)4-11-13(9(7)3-6)16(24)26-15(11)23;;;;;;;;;;;;;;;;;;;;;;;;;;;;;;;;;;;;/h1,18-19,21,26,28-29,31H,22-23H2;1,19-21,26,28-29,31H,22-23H2;1-3,8,10-11,13H,4-5H2;1-3,8,10-11,13H,4-5H2;36*1H. The van der Waals surface area contributed by atoms with E-state index in [1.54, 1.807) is 36.4 Å². The van der Waals surface area contributed by atoms with E-state index in [9.17, 15) is 103 Å². The summed E-state index contributed by atoms with van der Waals surface area (Å²) in [6.07, 6.45) is 2.62. The topological polar surface area (TPSA) is 365 Å². The molecular weight excluding hydrogens is 1760 g/mol. The van der Waals surface area contributed by atoms with Crippen LogP contribution >= 0.6 is 0 Å². The van der Waals surface area contributed by atoms with Gasteiger partial charge in [0.2, 0.25) is 0 Å². The van der Waals surface area contributed by atoms with Crippen LogP contribution < -0.4 is 9.47 Å². The average Bonchev–Trinajstić information content (AvgIpc) is 1.61. The van der Waals surface area contributed by atoms with Crippen LogP contribution in [0.15, 0.2) is 72.8 Å². The lowest BCUT2D eigenvalue weighted by molar-refractivity contribution is -0.274. The van der Waals surface area contributed by atoms with Crippen LogP contribution in [0.5, 0.6) is 11.5 Å². The lowest BCUT2D eigenvalue weighted by atomic mass is 9.66. The molecule has 32 heteroatoms. The highest BCUT2D eigenvalue weighted by atomic mass is 19.4. The molecule has 0 aromatic heterocycles. The number of terminal acetylenes is 2. The normalized spacial score (nSPS) is 24.1. The second-order valence-corrected chi connectivity index (χ2v) is 29.8. The van der Waals surface area contributed by atoms with Crippen LogP contribution in [0.2, 0.25) is 0 Å². The summed E-state index contributed by atoms with van der Waals surface area (Å²) in [5, 5.41) is 0. The summed E-state index contributed by atoms with van der Waals surface area (Å²) >= 11 is 0. The highest BCUT2D eigenvalue weighted by molar-refractivity contribution is 6.05. The van der Waals surface area contributed by atoms with Gasteiger partial charge in [0.1, 0.15) is 17.6 Å². The Bertz CT molecular complexity index is 7360. The number of esters is 16. The third-order valence-electron chi connectivity index (χ3n) is 22.3. The number of benzene rings is 4. The van der Waals surface area contributed by atoms with Crippen molar-refractivity contribution in [2.75, 3.05) is 0 Å². The molecule has 0 saturated carbocycles. The Morgan fingerprint density at radius 2 is 0.530 bits per heavy atom. The minimum atomic E-state index is -4.94. The number of hydrogen-bond acceptors (Lipinski definition) is 26. The monoisotopic (exact) mass is 1870 g/mol. The predicted molar refractivity (Wildman–Crippen MR) is 511 cm³/mol. The molecular formula is C102H118F6O26. The molecule has 134 heavy (non-hydrogen) atoms. The third kappa shape index (κ3) is 21.6. The van der Waals surface area contributed by atoms with E-state index in [4.69, 9.17) is 36.5 Å². The van der Waals surface area contributed by atoms with Gasteiger partial charge in [0.15, 0.2) is 0 Å². The fourth-order valence-electron chi connectivity index (χ4n) is 17.1. The Hall–Kier alpha value is -18.7. The van der Waals surface area contributed by atoms with Gasteiger partial charge < -0.3 is 47.4 Å². The highest BCUT2D eigenvalue weighted by Gasteiger charge is 2.59. The Kier molecular flexibility index (Phi) is 28.4. The minimum absolute atomic E-state index is 0. The van der Waals surface area contributed by atoms with Crippen molar-refractivity contribution < 1.29 is 202 Å². The van der Waals surface area contributed by atoms with E-state index >= 15 is 0 Å². The fourth-order valence-corrected chi connectivity index (χ4v) is 17.1. The van der Waals surface area contributed by atoms with Crippen molar-refractivity contribution in [1.29, 1.82) is 0 Å². The maximum Gasteiger partial charge on any atom is 0.573 e. The van der Waals surface area contributed by atoms with Crippen LogP contribution in [0, 0.1) is 262 Å². The number of carbonyl (C=O) groups is 16. The highest BCUT2D eigenvalue weighted by Crippen LogP contribution is 2.57. The Morgan fingerprint density at radius 1 is 0.269 bits per heavy atom. The van der Waals surface area contributed by atoms with Crippen LogP contribution in [0.25, 0.3) is 0 Å². The molecule has 8 aliphatic heterocycles. The molecule has 16 unspecified atom stereocenters. The maximum atomic E-state index is 13.1. The van der Waals surface area contributed by atoms with E-state index in [2.05, 4.69) is 225 Å². The molecule has 0 amide bonds. The van der Waals surface area contributed by atoms with Gasteiger partial charge in [-0.1, -0.05) is 30.2 Å². The number of alkyl halides is 6. The largest absolute Gasteiger partial charge is 0.573 e. The number of ether oxygens (including phenoxy) is 10. The second kappa shape index (κ2) is 40.9. The summed E-state index contributed by atoms with van der Waals surface area (Å²) in [5.41, 5.74) is 2.84. The van der Waals surface area contributed by atoms with Gasteiger partial charge in [0.05, 0.1) is 102 Å². The van der Waals surface area contributed by atoms with Crippen LogP contribution in [-0.2, 0) is 121 Å². The Morgan fingerprint density at radius 3 is 0.828 bits per heavy atom. The van der Waals surface area contributed by atoms with Crippen LogP contribution in [0.1, 0.15) is 206 Å². The summed E-state index contributed by atoms with van der Waals surface area (Å²) < 4.78 is 124. The second-order valence-electron chi connectivity index (χ2n) is 29.8. The van der Waals surface area contributed by atoms with Gasteiger partial charge in [-0.25, -0.2) is 0 Å².